The Hall–Kier alpha value is -1.26. The Labute approximate surface area is 115 Å². The van der Waals surface area contributed by atoms with Crippen LogP contribution in [-0.4, -0.2) is 30.0 Å². The zero-order valence-electron chi connectivity index (χ0n) is 11.9. The van der Waals surface area contributed by atoms with Crippen molar-refractivity contribution in [2.45, 2.75) is 33.2 Å². The Bertz CT molecular complexity index is 368. The summed E-state index contributed by atoms with van der Waals surface area (Å²) < 4.78 is 5.35. The predicted molar refractivity (Wildman–Crippen MR) is 76.5 cm³/mol. The van der Waals surface area contributed by atoms with Crippen LogP contribution >= 0.6 is 0 Å². The van der Waals surface area contributed by atoms with E-state index in [9.17, 15) is 5.11 Å². The van der Waals surface area contributed by atoms with Crippen LogP contribution in [0, 0.1) is 5.92 Å². The zero-order chi connectivity index (χ0) is 14.1. The quantitative estimate of drug-likeness (QED) is 0.642. The molecule has 0 saturated heterocycles. The summed E-state index contributed by atoms with van der Waals surface area (Å²) >= 11 is 0. The molecule has 1 aromatic carbocycles. The lowest BCUT2D eigenvalue weighted by Crippen LogP contribution is -2.22. The molecule has 0 radical (unpaired) electrons. The number of hydrogen-bond acceptors (Lipinski definition) is 4. The topological polar surface area (TPSA) is 61.7 Å². The fourth-order valence-electron chi connectivity index (χ4n) is 1.99. The average Bonchev–Trinajstić information content (AvgIpc) is 2.41. The summed E-state index contributed by atoms with van der Waals surface area (Å²) in [5, 5.41) is 21.9. The number of hydrogen-bond donors (Lipinski definition) is 3. The summed E-state index contributed by atoms with van der Waals surface area (Å²) in [6.07, 6.45) is 1.90. The molecule has 4 nitrogen and oxygen atoms in total. The highest BCUT2D eigenvalue weighted by atomic mass is 16.5. The van der Waals surface area contributed by atoms with E-state index in [0.717, 1.165) is 31.5 Å². The molecule has 0 amide bonds. The second-order valence-corrected chi connectivity index (χ2v) is 4.65. The molecule has 4 heteroatoms. The van der Waals surface area contributed by atoms with Gasteiger partial charge in [-0.15, -0.1) is 0 Å². The van der Waals surface area contributed by atoms with Crippen LogP contribution in [0.5, 0.6) is 11.5 Å². The number of phenols is 1. The van der Waals surface area contributed by atoms with Crippen molar-refractivity contribution in [3.63, 3.8) is 0 Å². The first-order valence-electron chi connectivity index (χ1n) is 6.97. The monoisotopic (exact) mass is 267 g/mol. The third-order valence-electron chi connectivity index (χ3n) is 3.20. The average molecular weight is 267 g/mol. The lowest BCUT2D eigenvalue weighted by atomic mass is 10.0. The fraction of sp³-hybridized carbons (Fsp3) is 0.600. The van der Waals surface area contributed by atoms with E-state index in [-0.39, 0.29) is 12.4 Å². The predicted octanol–water partition coefficient (Wildman–Crippen LogP) is 2.29. The van der Waals surface area contributed by atoms with Crippen LogP contribution in [0.4, 0.5) is 0 Å². The van der Waals surface area contributed by atoms with Gasteiger partial charge in [-0.3, -0.25) is 0 Å². The minimum Gasteiger partial charge on any atom is -0.504 e. The second-order valence-electron chi connectivity index (χ2n) is 4.65. The first-order chi connectivity index (χ1) is 9.21. The summed E-state index contributed by atoms with van der Waals surface area (Å²) in [6.45, 7) is 6.44. The third-order valence-corrected chi connectivity index (χ3v) is 3.20. The molecule has 1 atom stereocenters. The van der Waals surface area contributed by atoms with Gasteiger partial charge in [-0.05, 0) is 43.5 Å². The highest BCUT2D eigenvalue weighted by Crippen LogP contribution is 2.26. The smallest absolute Gasteiger partial charge is 0.161 e. The number of aromatic hydroxyl groups is 1. The van der Waals surface area contributed by atoms with Gasteiger partial charge >= 0.3 is 0 Å². The van der Waals surface area contributed by atoms with Gasteiger partial charge in [0.25, 0.3) is 0 Å². The molecule has 0 aliphatic rings. The third kappa shape index (κ3) is 5.49. The minimum absolute atomic E-state index is 0.178. The molecule has 0 aliphatic carbocycles. The molecular formula is C15H25NO3. The van der Waals surface area contributed by atoms with Crippen molar-refractivity contribution >= 4 is 0 Å². The maximum atomic E-state index is 9.61. The van der Waals surface area contributed by atoms with Gasteiger partial charge in [0.2, 0.25) is 0 Å². The molecule has 1 aromatic rings. The highest BCUT2D eigenvalue weighted by Gasteiger charge is 2.06. The Kier molecular flexibility index (Phi) is 7.30. The van der Waals surface area contributed by atoms with Crippen LogP contribution in [0.1, 0.15) is 32.3 Å². The number of aliphatic hydroxyl groups is 1. The largest absolute Gasteiger partial charge is 0.504 e. The van der Waals surface area contributed by atoms with Crippen molar-refractivity contribution in [3.8, 4) is 11.5 Å². The summed E-state index contributed by atoms with van der Waals surface area (Å²) in [6, 6.07) is 5.41. The van der Waals surface area contributed by atoms with Gasteiger partial charge in [-0.1, -0.05) is 19.4 Å². The van der Waals surface area contributed by atoms with E-state index in [2.05, 4.69) is 12.2 Å². The Morgan fingerprint density at radius 3 is 2.74 bits per heavy atom. The van der Waals surface area contributed by atoms with E-state index >= 15 is 0 Å². The zero-order valence-corrected chi connectivity index (χ0v) is 11.9. The summed E-state index contributed by atoms with van der Waals surface area (Å²) in [7, 11) is 0. The molecule has 0 bridgehead atoms. The van der Waals surface area contributed by atoms with E-state index in [0.29, 0.717) is 18.3 Å². The van der Waals surface area contributed by atoms with Crippen LogP contribution in [0.3, 0.4) is 0 Å². The molecule has 0 aliphatic heterocycles. The van der Waals surface area contributed by atoms with E-state index in [1.807, 2.05) is 19.1 Å². The normalized spacial score (nSPS) is 12.4. The van der Waals surface area contributed by atoms with Gasteiger partial charge in [-0.2, -0.15) is 0 Å². The van der Waals surface area contributed by atoms with Crippen molar-refractivity contribution in [2.75, 3.05) is 19.8 Å². The molecule has 0 heterocycles. The summed E-state index contributed by atoms with van der Waals surface area (Å²) in [5.41, 5.74) is 1.08. The molecule has 3 N–H and O–H groups in total. The minimum atomic E-state index is 0.178. The van der Waals surface area contributed by atoms with Gasteiger partial charge in [0.05, 0.1) is 6.61 Å². The number of aliphatic hydroxyl groups excluding tert-OH is 1. The first-order valence-corrected chi connectivity index (χ1v) is 6.97. The van der Waals surface area contributed by atoms with Crippen LogP contribution in [0.15, 0.2) is 18.2 Å². The number of ether oxygens (including phenoxy) is 1. The molecule has 1 rings (SSSR count). The number of nitrogens with one attached hydrogen (secondary N) is 1. The van der Waals surface area contributed by atoms with Crippen LogP contribution in [-0.2, 0) is 6.54 Å². The van der Waals surface area contributed by atoms with Crippen molar-refractivity contribution < 1.29 is 14.9 Å². The molecule has 0 saturated carbocycles. The SMILES string of the molecule is CCOc1cc(CNCC(CC)CCO)ccc1O. The number of rotatable bonds is 9. The van der Waals surface area contributed by atoms with Crippen LogP contribution < -0.4 is 10.1 Å². The van der Waals surface area contributed by atoms with Gasteiger partial charge in [0.1, 0.15) is 0 Å². The van der Waals surface area contributed by atoms with E-state index < -0.39 is 0 Å². The van der Waals surface area contributed by atoms with E-state index in [1.54, 1.807) is 6.07 Å². The maximum Gasteiger partial charge on any atom is 0.161 e. The van der Waals surface area contributed by atoms with Crippen LogP contribution in [0.25, 0.3) is 0 Å². The lowest BCUT2D eigenvalue weighted by molar-refractivity contribution is 0.251. The van der Waals surface area contributed by atoms with Gasteiger partial charge < -0.3 is 20.3 Å². The number of benzene rings is 1. The molecule has 0 spiro atoms. The van der Waals surface area contributed by atoms with Crippen molar-refractivity contribution in [2.24, 2.45) is 5.92 Å². The summed E-state index contributed by atoms with van der Waals surface area (Å²) in [5.74, 6) is 1.22. The molecule has 19 heavy (non-hydrogen) atoms. The van der Waals surface area contributed by atoms with Crippen LogP contribution in [0.2, 0.25) is 0 Å². The Morgan fingerprint density at radius 1 is 1.32 bits per heavy atom. The second kappa shape index (κ2) is 8.77. The molecule has 0 aromatic heterocycles. The van der Waals surface area contributed by atoms with Gasteiger partial charge in [-0.25, -0.2) is 0 Å². The van der Waals surface area contributed by atoms with E-state index in [1.165, 1.54) is 0 Å². The number of phenolic OH excluding ortho intramolecular Hbond substituents is 1. The van der Waals surface area contributed by atoms with Gasteiger partial charge in [0.15, 0.2) is 11.5 Å². The molecule has 0 fully saturated rings. The Morgan fingerprint density at radius 2 is 2.11 bits per heavy atom. The van der Waals surface area contributed by atoms with Gasteiger partial charge in [0, 0.05) is 13.2 Å². The van der Waals surface area contributed by atoms with Crippen molar-refractivity contribution in [1.82, 2.24) is 5.32 Å². The van der Waals surface area contributed by atoms with Crippen molar-refractivity contribution in [3.05, 3.63) is 23.8 Å². The summed E-state index contributed by atoms with van der Waals surface area (Å²) in [4.78, 5) is 0. The fourth-order valence-corrected chi connectivity index (χ4v) is 1.99. The van der Waals surface area contributed by atoms with Crippen molar-refractivity contribution in [1.29, 1.82) is 0 Å². The molecule has 1 unspecified atom stereocenters. The molecule has 108 valence electrons. The standard InChI is InChI=1S/C15H25NO3/c1-3-12(7-8-17)10-16-11-13-5-6-14(18)15(9-13)19-4-2/h5-6,9,12,16-18H,3-4,7-8,10-11H2,1-2H3. The lowest BCUT2D eigenvalue weighted by Gasteiger charge is -2.15. The Balaban J connectivity index is 2.46. The van der Waals surface area contributed by atoms with E-state index in [4.69, 9.17) is 9.84 Å². The maximum absolute atomic E-state index is 9.61. The first kappa shape index (κ1) is 15.8. The molecular weight excluding hydrogens is 242 g/mol. The highest BCUT2D eigenvalue weighted by molar-refractivity contribution is 5.41.